The van der Waals surface area contributed by atoms with Crippen LogP contribution in [0.3, 0.4) is 0 Å². The summed E-state index contributed by atoms with van der Waals surface area (Å²) in [6, 6.07) is 0.242. The second-order valence-electron chi connectivity index (χ2n) is 4.09. The standard InChI is InChI=1S/C10H16N2OS/c1-8(9-5-14-7-12-9)11-6-10(13)3-2-4-10/h5,7-8,11,13H,2-4,6H2,1H3. The predicted molar refractivity (Wildman–Crippen MR) is 57.3 cm³/mol. The van der Waals surface area contributed by atoms with Crippen LogP contribution in [0.1, 0.15) is 37.9 Å². The van der Waals surface area contributed by atoms with Crippen molar-refractivity contribution in [2.45, 2.75) is 37.8 Å². The average Bonchev–Trinajstić information content (AvgIpc) is 2.63. The highest BCUT2D eigenvalue weighted by molar-refractivity contribution is 7.07. The molecule has 2 rings (SSSR count). The van der Waals surface area contributed by atoms with Crippen molar-refractivity contribution in [3.63, 3.8) is 0 Å². The van der Waals surface area contributed by atoms with E-state index in [2.05, 4.69) is 17.2 Å². The van der Waals surface area contributed by atoms with Crippen LogP contribution in [-0.2, 0) is 0 Å². The first-order valence-electron chi connectivity index (χ1n) is 5.03. The third-order valence-electron chi connectivity index (χ3n) is 2.92. The first-order valence-corrected chi connectivity index (χ1v) is 5.98. The summed E-state index contributed by atoms with van der Waals surface area (Å²) in [6.07, 6.45) is 3.02. The van der Waals surface area contributed by atoms with E-state index in [1.807, 2.05) is 10.9 Å². The van der Waals surface area contributed by atoms with E-state index in [9.17, 15) is 5.11 Å². The molecule has 4 heteroatoms. The maximum Gasteiger partial charge on any atom is 0.0795 e. The van der Waals surface area contributed by atoms with Crippen molar-refractivity contribution in [2.75, 3.05) is 6.54 Å². The Labute approximate surface area is 88.2 Å². The summed E-state index contributed by atoms with van der Waals surface area (Å²) < 4.78 is 0. The van der Waals surface area contributed by atoms with Crippen molar-refractivity contribution in [3.05, 3.63) is 16.6 Å². The van der Waals surface area contributed by atoms with Crippen LogP contribution in [0.5, 0.6) is 0 Å². The van der Waals surface area contributed by atoms with Crippen molar-refractivity contribution in [2.24, 2.45) is 0 Å². The van der Waals surface area contributed by atoms with Crippen LogP contribution >= 0.6 is 11.3 Å². The quantitative estimate of drug-likeness (QED) is 0.798. The van der Waals surface area contributed by atoms with E-state index in [-0.39, 0.29) is 6.04 Å². The van der Waals surface area contributed by atoms with Crippen molar-refractivity contribution in [1.29, 1.82) is 0 Å². The molecule has 0 bridgehead atoms. The Morgan fingerprint density at radius 1 is 1.71 bits per heavy atom. The molecule has 1 aliphatic rings. The highest BCUT2D eigenvalue weighted by Crippen LogP contribution is 2.31. The Morgan fingerprint density at radius 3 is 3.00 bits per heavy atom. The van der Waals surface area contributed by atoms with E-state index < -0.39 is 5.60 Å². The Balaban J connectivity index is 1.80. The molecule has 1 heterocycles. The van der Waals surface area contributed by atoms with Crippen molar-refractivity contribution >= 4 is 11.3 Å². The number of nitrogens with one attached hydrogen (secondary N) is 1. The first-order chi connectivity index (χ1) is 6.70. The SMILES string of the molecule is CC(NCC1(O)CCC1)c1cscn1. The fraction of sp³-hybridized carbons (Fsp3) is 0.700. The second-order valence-corrected chi connectivity index (χ2v) is 4.81. The average molecular weight is 212 g/mol. The van der Waals surface area contributed by atoms with Gasteiger partial charge in [-0.3, -0.25) is 0 Å². The summed E-state index contributed by atoms with van der Waals surface area (Å²) in [6.45, 7) is 2.77. The van der Waals surface area contributed by atoms with Crippen LogP contribution in [0.4, 0.5) is 0 Å². The molecule has 1 unspecified atom stereocenters. The molecule has 1 aromatic heterocycles. The number of hydrogen-bond donors (Lipinski definition) is 2. The zero-order valence-electron chi connectivity index (χ0n) is 8.36. The van der Waals surface area contributed by atoms with Gasteiger partial charge in [0, 0.05) is 18.0 Å². The molecule has 3 nitrogen and oxygen atoms in total. The Hall–Kier alpha value is -0.450. The number of hydrogen-bond acceptors (Lipinski definition) is 4. The van der Waals surface area contributed by atoms with Gasteiger partial charge in [0.05, 0.1) is 16.8 Å². The smallest absolute Gasteiger partial charge is 0.0795 e. The highest BCUT2D eigenvalue weighted by Gasteiger charge is 2.34. The molecule has 1 saturated carbocycles. The zero-order valence-corrected chi connectivity index (χ0v) is 9.18. The van der Waals surface area contributed by atoms with Crippen molar-refractivity contribution in [1.82, 2.24) is 10.3 Å². The lowest BCUT2D eigenvalue weighted by molar-refractivity contribution is -0.0329. The molecular formula is C10H16N2OS. The molecule has 0 amide bonds. The van der Waals surface area contributed by atoms with Gasteiger partial charge >= 0.3 is 0 Å². The Kier molecular flexibility index (Phi) is 2.85. The molecule has 0 saturated heterocycles. The molecule has 78 valence electrons. The largest absolute Gasteiger partial charge is 0.389 e. The van der Waals surface area contributed by atoms with Crippen molar-refractivity contribution in [3.8, 4) is 0 Å². The van der Waals surface area contributed by atoms with Gasteiger partial charge in [-0.05, 0) is 26.2 Å². The minimum Gasteiger partial charge on any atom is -0.389 e. The van der Waals surface area contributed by atoms with Gasteiger partial charge in [-0.15, -0.1) is 11.3 Å². The predicted octanol–water partition coefficient (Wildman–Crippen LogP) is 1.71. The summed E-state index contributed by atoms with van der Waals surface area (Å²) in [5.74, 6) is 0. The molecule has 2 N–H and O–H groups in total. The van der Waals surface area contributed by atoms with E-state index >= 15 is 0 Å². The normalized spacial score (nSPS) is 21.6. The maximum atomic E-state index is 9.88. The summed E-state index contributed by atoms with van der Waals surface area (Å²) in [5, 5.41) is 15.2. The molecule has 0 spiro atoms. The molecule has 0 radical (unpaired) electrons. The zero-order chi connectivity index (χ0) is 10.0. The van der Waals surface area contributed by atoms with Crippen LogP contribution in [0.2, 0.25) is 0 Å². The number of thiazole rings is 1. The molecule has 1 atom stereocenters. The number of aliphatic hydroxyl groups is 1. The second kappa shape index (κ2) is 3.96. The molecule has 14 heavy (non-hydrogen) atoms. The van der Waals surface area contributed by atoms with Gasteiger partial charge in [-0.2, -0.15) is 0 Å². The van der Waals surface area contributed by atoms with Gasteiger partial charge in [0.2, 0.25) is 0 Å². The monoisotopic (exact) mass is 212 g/mol. The Bertz CT molecular complexity index is 282. The lowest BCUT2D eigenvalue weighted by Gasteiger charge is -2.37. The summed E-state index contributed by atoms with van der Waals surface area (Å²) >= 11 is 1.61. The highest BCUT2D eigenvalue weighted by atomic mass is 32.1. The van der Waals surface area contributed by atoms with Gasteiger partial charge in [0.15, 0.2) is 0 Å². The molecule has 1 aromatic rings. The topological polar surface area (TPSA) is 45.1 Å². The summed E-state index contributed by atoms with van der Waals surface area (Å²) in [7, 11) is 0. The van der Waals surface area contributed by atoms with Crippen LogP contribution in [0, 0.1) is 0 Å². The van der Waals surface area contributed by atoms with Crippen LogP contribution in [0.15, 0.2) is 10.9 Å². The number of rotatable bonds is 4. The molecule has 0 aromatic carbocycles. The van der Waals surface area contributed by atoms with Crippen LogP contribution < -0.4 is 5.32 Å². The molecular weight excluding hydrogens is 196 g/mol. The van der Waals surface area contributed by atoms with Crippen LogP contribution in [0.25, 0.3) is 0 Å². The molecule has 0 aliphatic heterocycles. The minimum atomic E-state index is -0.440. The van der Waals surface area contributed by atoms with Gasteiger partial charge < -0.3 is 10.4 Å². The minimum absolute atomic E-state index is 0.242. The van der Waals surface area contributed by atoms with Gasteiger partial charge in [-0.25, -0.2) is 4.98 Å². The molecule has 1 aliphatic carbocycles. The fourth-order valence-electron chi connectivity index (χ4n) is 1.65. The number of aromatic nitrogens is 1. The van der Waals surface area contributed by atoms with E-state index in [4.69, 9.17) is 0 Å². The van der Waals surface area contributed by atoms with E-state index in [1.165, 1.54) is 0 Å². The van der Waals surface area contributed by atoms with Gasteiger partial charge in [0.25, 0.3) is 0 Å². The Morgan fingerprint density at radius 2 is 2.50 bits per heavy atom. The fourth-order valence-corrected chi connectivity index (χ4v) is 2.29. The lowest BCUT2D eigenvalue weighted by Crippen LogP contribution is -2.46. The summed E-state index contributed by atoms with van der Waals surface area (Å²) in [4.78, 5) is 4.24. The third-order valence-corrected chi connectivity index (χ3v) is 3.52. The molecule has 1 fully saturated rings. The van der Waals surface area contributed by atoms with E-state index in [0.717, 1.165) is 25.0 Å². The first kappa shape index (κ1) is 10.1. The summed E-state index contributed by atoms with van der Waals surface area (Å²) in [5.41, 5.74) is 2.47. The van der Waals surface area contributed by atoms with Gasteiger partial charge in [-0.1, -0.05) is 0 Å². The lowest BCUT2D eigenvalue weighted by atomic mass is 9.80. The number of nitrogens with zero attached hydrogens (tertiary/aromatic N) is 1. The van der Waals surface area contributed by atoms with E-state index in [1.54, 1.807) is 11.3 Å². The van der Waals surface area contributed by atoms with E-state index in [0.29, 0.717) is 6.54 Å². The maximum absolute atomic E-state index is 9.88. The third kappa shape index (κ3) is 2.13. The van der Waals surface area contributed by atoms with Gasteiger partial charge in [0.1, 0.15) is 0 Å². The van der Waals surface area contributed by atoms with Crippen molar-refractivity contribution < 1.29 is 5.11 Å². The van der Waals surface area contributed by atoms with Crippen LogP contribution in [-0.4, -0.2) is 22.2 Å².